The molecule has 0 amide bonds. The Labute approximate surface area is 108 Å². The topological polar surface area (TPSA) is 52.0 Å². The van der Waals surface area contributed by atoms with Crippen molar-refractivity contribution in [2.45, 2.75) is 50.8 Å². The number of hydrogen-bond donors (Lipinski definition) is 0. The molecule has 1 aromatic heterocycles. The smallest absolute Gasteiger partial charge is 0.160 e. The Morgan fingerprint density at radius 3 is 2.94 bits per heavy atom. The molecule has 2 aliphatic heterocycles. The summed E-state index contributed by atoms with van der Waals surface area (Å²) >= 11 is 0. The van der Waals surface area contributed by atoms with Crippen molar-refractivity contribution in [2.75, 3.05) is 5.75 Å². The second-order valence-electron chi connectivity index (χ2n) is 5.71. The van der Waals surface area contributed by atoms with Crippen LogP contribution in [0.5, 0.6) is 0 Å². The standard InChI is InChI=1S/C13H20N2O2S/c1-10-5-6-11-8-14-13(15(11)9-10)12-4-2-3-7-18(12,16)17/h8,10,12H,2-7,9H2,1H3. The van der Waals surface area contributed by atoms with Crippen LogP contribution in [0.15, 0.2) is 6.20 Å². The van der Waals surface area contributed by atoms with Crippen molar-refractivity contribution >= 4 is 9.84 Å². The van der Waals surface area contributed by atoms with E-state index in [1.807, 2.05) is 6.20 Å². The van der Waals surface area contributed by atoms with Crippen LogP contribution in [0.1, 0.15) is 49.4 Å². The Morgan fingerprint density at radius 1 is 1.33 bits per heavy atom. The number of imidazole rings is 1. The minimum Gasteiger partial charge on any atom is -0.331 e. The summed E-state index contributed by atoms with van der Waals surface area (Å²) in [5.41, 5.74) is 1.21. The lowest BCUT2D eigenvalue weighted by atomic mass is 10.00. The van der Waals surface area contributed by atoms with Crippen LogP contribution in [-0.4, -0.2) is 23.7 Å². The van der Waals surface area contributed by atoms with Gasteiger partial charge in [0.1, 0.15) is 11.1 Å². The van der Waals surface area contributed by atoms with E-state index in [0.29, 0.717) is 11.7 Å². The minimum absolute atomic E-state index is 0.329. The summed E-state index contributed by atoms with van der Waals surface area (Å²) in [4.78, 5) is 4.44. The third kappa shape index (κ3) is 1.98. The first-order valence-corrected chi connectivity index (χ1v) is 8.55. The highest BCUT2D eigenvalue weighted by molar-refractivity contribution is 7.91. The molecule has 2 aliphatic rings. The highest BCUT2D eigenvalue weighted by atomic mass is 32.2. The van der Waals surface area contributed by atoms with Crippen molar-refractivity contribution in [1.29, 1.82) is 0 Å². The zero-order valence-electron chi connectivity index (χ0n) is 10.8. The summed E-state index contributed by atoms with van der Waals surface area (Å²) in [6, 6.07) is 0. The van der Waals surface area contributed by atoms with Crippen LogP contribution in [0, 0.1) is 5.92 Å². The van der Waals surface area contributed by atoms with Gasteiger partial charge in [0.05, 0.1) is 5.75 Å². The fourth-order valence-corrected chi connectivity index (χ4v) is 5.06. The molecule has 18 heavy (non-hydrogen) atoms. The number of rotatable bonds is 1. The number of fused-ring (bicyclic) bond motifs is 1. The maximum absolute atomic E-state index is 12.2. The first-order valence-electron chi connectivity index (χ1n) is 6.84. The summed E-state index contributed by atoms with van der Waals surface area (Å²) < 4.78 is 26.6. The molecule has 3 heterocycles. The Kier molecular flexibility index (Phi) is 2.96. The van der Waals surface area contributed by atoms with E-state index in [1.54, 1.807) is 0 Å². The van der Waals surface area contributed by atoms with Gasteiger partial charge in [-0.15, -0.1) is 0 Å². The van der Waals surface area contributed by atoms with Crippen molar-refractivity contribution in [3.8, 4) is 0 Å². The number of aromatic nitrogens is 2. The van der Waals surface area contributed by atoms with Crippen LogP contribution in [0.2, 0.25) is 0 Å². The average Bonchev–Trinajstić information content (AvgIpc) is 2.71. The van der Waals surface area contributed by atoms with Crippen molar-refractivity contribution in [3.63, 3.8) is 0 Å². The molecule has 5 heteroatoms. The highest BCUT2D eigenvalue weighted by Crippen LogP contribution is 2.34. The van der Waals surface area contributed by atoms with Crippen LogP contribution in [0.25, 0.3) is 0 Å². The predicted octanol–water partition coefficient (Wildman–Crippen LogP) is 2.11. The fourth-order valence-electron chi connectivity index (χ4n) is 3.14. The molecule has 0 spiro atoms. The van der Waals surface area contributed by atoms with Gasteiger partial charge in [-0.25, -0.2) is 13.4 Å². The normalized spacial score (nSPS) is 30.9. The zero-order chi connectivity index (χ0) is 12.8. The van der Waals surface area contributed by atoms with Crippen LogP contribution in [0.3, 0.4) is 0 Å². The molecule has 100 valence electrons. The SMILES string of the molecule is CC1CCc2cnc(C3CCCCS3(=O)=O)n2C1. The Balaban J connectivity index is 2.00. The highest BCUT2D eigenvalue weighted by Gasteiger charge is 2.34. The third-order valence-electron chi connectivity index (χ3n) is 4.22. The largest absolute Gasteiger partial charge is 0.331 e. The molecule has 0 saturated carbocycles. The maximum atomic E-state index is 12.2. The minimum atomic E-state index is -2.98. The average molecular weight is 268 g/mol. The van der Waals surface area contributed by atoms with E-state index < -0.39 is 9.84 Å². The van der Waals surface area contributed by atoms with Crippen LogP contribution >= 0.6 is 0 Å². The van der Waals surface area contributed by atoms with E-state index in [2.05, 4.69) is 16.5 Å². The van der Waals surface area contributed by atoms with Gasteiger partial charge in [0.25, 0.3) is 0 Å². The van der Waals surface area contributed by atoms with Crippen LogP contribution < -0.4 is 0 Å². The first kappa shape index (κ1) is 12.2. The molecule has 2 atom stereocenters. The number of aryl methyl sites for hydroxylation is 1. The molecule has 0 N–H and O–H groups in total. The van der Waals surface area contributed by atoms with Crippen molar-refractivity contribution in [3.05, 3.63) is 17.7 Å². The van der Waals surface area contributed by atoms with Crippen molar-refractivity contribution in [1.82, 2.24) is 9.55 Å². The first-order chi connectivity index (χ1) is 8.58. The third-order valence-corrected chi connectivity index (χ3v) is 6.39. The van der Waals surface area contributed by atoms with Gasteiger partial charge in [0.15, 0.2) is 9.84 Å². The Morgan fingerprint density at radius 2 is 2.17 bits per heavy atom. The zero-order valence-corrected chi connectivity index (χ0v) is 11.6. The van der Waals surface area contributed by atoms with Crippen molar-refractivity contribution in [2.24, 2.45) is 5.92 Å². The van der Waals surface area contributed by atoms with Gasteiger partial charge < -0.3 is 4.57 Å². The number of nitrogens with zero attached hydrogens (tertiary/aromatic N) is 2. The molecular weight excluding hydrogens is 248 g/mol. The number of hydrogen-bond acceptors (Lipinski definition) is 3. The lowest BCUT2D eigenvalue weighted by Gasteiger charge is -2.27. The maximum Gasteiger partial charge on any atom is 0.160 e. The summed E-state index contributed by atoms with van der Waals surface area (Å²) in [7, 11) is -2.98. The molecule has 0 radical (unpaired) electrons. The quantitative estimate of drug-likeness (QED) is 0.784. The monoisotopic (exact) mass is 268 g/mol. The molecule has 1 aromatic rings. The van der Waals surface area contributed by atoms with E-state index in [-0.39, 0.29) is 5.25 Å². The molecule has 0 bridgehead atoms. The van der Waals surface area contributed by atoms with Gasteiger partial charge in [-0.1, -0.05) is 13.3 Å². The second kappa shape index (κ2) is 4.37. The molecule has 2 unspecified atom stereocenters. The van der Waals surface area contributed by atoms with Crippen LogP contribution in [-0.2, 0) is 22.8 Å². The Bertz CT molecular complexity index is 547. The van der Waals surface area contributed by atoms with Crippen LogP contribution in [0.4, 0.5) is 0 Å². The molecule has 0 aromatic carbocycles. The predicted molar refractivity (Wildman–Crippen MR) is 70.1 cm³/mol. The second-order valence-corrected chi connectivity index (χ2v) is 8.02. The number of sulfone groups is 1. The van der Waals surface area contributed by atoms with E-state index in [9.17, 15) is 8.42 Å². The molecule has 3 rings (SSSR count). The summed E-state index contributed by atoms with van der Waals surface area (Å²) in [5, 5.41) is -0.356. The van der Waals surface area contributed by atoms with E-state index in [1.165, 1.54) is 12.1 Å². The molecule has 1 saturated heterocycles. The molecule has 1 fully saturated rings. The summed E-state index contributed by atoms with van der Waals surface area (Å²) in [6.45, 7) is 3.15. The Hall–Kier alpha value is -0.840. The van der Waals surface area contributed by atoms with Gasteiger partial charge >= 0.3 is 0 Å². The van der Waals surface area contributed by atoms with Gasteiger partial charge in [-0.3, -0.25) is 0 Å². The summed E-state index contributed by atoms with van der Waals surface area (Å²) in [5.74, 6) is 1.75. The van der Waals surface area contributed by atoms with E-state index in [0.717, 1.165) is 38.1 Å². The fraction of sp³-hybridized carbons (Fsp3) is 0.769. The molecule has 0 aliphatic carbocycles. The van der Waals surface area contributed by atoms with E-state index in [4.69, 9.17) is 0 Å². The van der Waals surface area contributed by atoms with E-state index >= 15 is 0 Å². The van der Waals surface area contributed by atoms with Gasteiger partial charge in [-0.2, -0.15) is 0 Å². The van der Waals surface area contributed by atoms with Gasteiger partial charge in [0.2, 0.25) is 0 Å². The lowest BCUT2D eigenvalue weighted by molar-refractivity contribution is 0.386. The molecule has 4 nitrogen and oxygen atoms in total. The molecular formula is C13H20N2O2S. The summed E-state index contributed by atoms with van der Waals surface area (Å²) in [6.07, 6.45) is 6.65. The van der Waals surface area contributed by atoms with Crippen molar-refractivity contribution < 1.29 is 8.42 Å². The van der Waals surface area contributed by atoms with Gasteiger partial charge in [0, 0.05) is 18.4 Å². The lowest BCUT2D eigenvalue weighted by Crippen LogP contribution is -2.27. The van der Waals surface area contributed by atoms with Gasteiger partial charge in [-0.05, 0) is 31.6 Å².